The first-order valence-corrected chi connectivity index (χ1v) is 12.4. The Morgan fingerprint density at radius 2 is 1.74 bits per heavy atom. The molecule has 0 saturated carbocycles. The van der Waals surface area contributed by atoms with Crippen LogP contribution in [0, 0.1) is 0 Å². The third-order valence-corrected chi connectivity index (χ3v) is 6.93. The van der Waals surface area contributed by atoms with E-state index in [1.54, 1.807) is 24.3 Å². The number of rotatable bonds is 6. The van der Waals surface area contributed by atoms with Crippen LogP contribution in [0.5, 0.6) is 0 Å². The summed E-state index contributed by atoms with van der Waals surface area (Å²) in [5, 5.41) is 4.47. The molecule has 5 nitrogen and oxygen atoms in total. The van der Waals surface area contributed by atoms with Gasteiger partial charge in [-0.3, -0.25) is 4.79 Å². The van der Waals surface area contributed by atoms with Gasteiger partial charge >= 0.3 is 0 Å². The molecule has 1 fully saturated rings. The van der Waals surface area contributed by atoms with Crippen LogP contribution in [0.2, 0.25) is 5.02 Å². The zero-order chi connectivity index (χ0) is 23.3. The number of aromatic nitrogens is 1. The van der Waals surface area contributed by atoms with Crippen LogP contribution in [0.15, 0.2) is 89.9 Å². The number of anilines is 1. The van der Waals surface area contributed by atoms with Crippen molar-refractivity contribution in [3.63, 3.8) is 0 Å². The molecule has 0 aliphatic carbocycles. The summed E-state index contributed by atoms with van der Waals surface area (Å²) in [6.07, 6.45) is 2.18. The van der Waals surface area contributed by atoms with Gasteiger partial charge in [0, 0.05) is 22.8 Å². The quantitative estimate of drug-likeness (QED) is 0.334. The topological polar surface area (TPSA) is 55.6 Å². The molecule has 0 unspecified atom stereocenters. The molecule has 7 heteroatoms. The third-order valence-electron chi connectivity index (χ3n) is 5.68. The Balaban J connectivity index is 1.64. The normalized spacial score (nSPS) is 16.0. The molecule has 5 rings (SSSR count). The molecule has 1 saturated heterocycles. The standard InChI is InChI=1S/C27H24ClN3O2S/c28-21-15-13-20(14-16-21)25(32)30-26-24(19-8-3-1-4-9-19)31(18-23-12-7-17-33-23)27(34-26)29-22-10-5-2-6-11-22/h1-6,8-11,13-16,23H,7,12,17-18H2,(H,30,32)/t23-/m0/s1. The lowest BCUT2D eigenvalue weighted by atomic mass is 10.1. The maximum atomic E-state index is 13.1. The van der Waals surface area contributed by atoms with Gasteiger partial charge in [-0.25, -0.2) is 4.99 Å². The number of thiazole rings is 1. The highest BCUT2D eigenvalue weighted by Crippen LogP contribution is 2.33. The molecule has 3 aromatic carbocycles. The first kappa shape index (κ1) is 22.6. The van der Waals surface area contributed by atoms with Gasteiger partial charge in [-0.2, -0.15) is 0 Å². The van der Waals surface area contributed by atoms with Crippen molar-refractivity contribution < 1.29 is 9.53 Å². The smallest absolute Gasteiger partial charge is 0.256 e. The minimum Gasteiger partial charge on any atom is -0.376 e. The van der Waals surface area contributed by atoms with E-state index in [1.807, 2.05) is 48.5 Å². The molecule has 4 aromatic rings. The number of carbonyl (C=O) groups is 1. The minimum atomic E-state index is -0.189. The highest BCUT2D eigenvalue weighted by atomic mass is 35.5. The van der Waals surface area contributed by atoms with Gasteiger partial charge in [-0.05, 0) is 49.2 Å². The Morgan fingerprint density at radius 3 is 2.41 bits per heavy atom. The van der Waals surface area contributed by atoms with Gasteiger partial charge in [0.05, 0.1) is 24.0 Å². The van der Waals surface area contributed by atoms with Gasteiger partial charge in [0.25, 0.3) is 5.91 Å². The predicted molar refractivity (Wildman–Crippen MR) is 138 cm³/mol. The van der Waals surface area contributed by atoms with Gasteiger partial charge < -0.3 is 14.6 Å². The zero-order valence-corrected chi connectivity index (χ0v) is 20.1. The number of nitrogens with one attached hydrogen (secondary N) is 1. The van der Waals surface area contributed by atoms with Gasteiger partial charge in [0.2, 0.25) is 0 Å². The Morgan fingerprint density at radius 1 is 1.03 bits per heavy atom. The van der Waals surface area contributed by atoms with Gasteiger partial charge in [0.15, 0.2) is 4.80 Å². The number of amides is 1. The average molecular weight is 490 g/mol. The van der Waals surface area contributed by atoms with E-state index in [0.29, 0.717) is 17.1 Å². The monoisotopic (exact) mass is 489 g/mol. The van der Waals surface area contributed by atoms with Crippen LogP contribution in [-0.4, -0.2) is 23.2 Å². The molecule has 0 spiro atoms. The Hall–Kier alpha value is -3.19. The second-order valence-corrected chi connectivity index (χ2v) is 9.50. The first-order valence-electron chi connectivity index (χ1n) is 11.2. The summed E-state index contributed by atoms with van der Waals surface area (Å²) < 4.78 is 8.15. The maximum Gasteiger partial charge on any atom is 0.256 e. The summed E-state index contributed by atoms with van der Waals surface area (Å²) >= 11 is 7.47. The first-order chi connectivity index (χ1) is 16.7. The third kappa shape index (κ3) is 5.14. The van der Waals surface area contributed by atoms with Crippen molar-refractivity contribution in [1.82, 2.24) is 4.57 Å². The van der Waals surface area contributed by atoms with Crippen molar-refractivity contribution in [1.29, 1.82) is 0 Å². The average Bonchev–Trinajstić information content (AvgIpc) is 3.49. The number of carbonyl (C=O) groups excluding carboxylic acids is 1. The van der Waals surface area contributed by atoms with Crippen LogP contribution in [-0.2, 0) is 11.3 Å². The van der Waals surface area contributed by atoms with Crippen LogP contribution < -0.4 is 10.1 Å². The van der Waals surface area contributed by atoms with Crippen molar-refractivity contribution in [2.24, 2.45) is 4.99 Å². The minimum absolute atomic E-state index is 0.117. The molecule has 0 bridgehead atoms. The van der Waals surface area contributed by atoms with Crippen molar-refractivity contribution >= 4 is 39.5 Å². The van der Waals surface area contributed by atoms with E-state index >= 15 is 0 Å². The highest BCUT2D eigenvalue weighted by Gasteiger charge is 2.23. The number of hydrogen-bond acceptors (Lipinski definition) is 4. The molecule has 0 radical (unpaired) electrons. The molecule has 2 heterocycles. The number of nitrogens with zero attached hydrogens (tertiary/aromatic N) is 2. The van der Waals surface area contributed by atoms with Crippen LogP contribution in [0.25, 0.3) is 11.3 Å². The summed E-state index contributed by atoms with van der Waals surface area (Å²) in [7, 11) is 0. The second kappa shape index (κ2) is 10.4. The molecule has 1 atom stereocenters. The van der Waals surface area contributed by atoms with Gasteiger partial charge in [-0.1, -0.05) is 71.5 Å². The lowest BCUT2D eigenvalue weighted by Gasteiger charge is -2.15. The van der Waals surface area contributed by atoms with Crippen LogP contribution >= 0.6 is 22.9 Å². The lowest BCUT2D eigenvalue weighted by molar-refractivity contribution is 0.0968. The largest absolute Gasteiger partial charge is 0.376 e. The van der Waals surface area contributed by atoms with Gasteiger partial charge in [-0.15, -0.1) is 0 Å². The molecule has 1 aliphatic heterocycles. The van der Waals surface area contributed by atoms with Crippen LogP contribution in [0.4, 0.5) is 10.7 Å². The summed E-state index contributed by atoms with van der Waals surface area (Å²) in [5.41, 5.74) is 3.35. The van der Waals surface area contributed by atoms with E-state index in [1.165, 1.54) is 11.3 Å². The van der Waals surface area contributed by atoms with Crippen LogP contribution in [0.1, 0.15) is 23.2 Å². The number of halogens is 1. The second-order valence-electron chi connectivity index (χ2n) is 8.08. The van der Waals surface area contributed by atoms with Crippen molar-refractivity contribution in [2.45, 2.75) is 25.5 Å². The van der Waals surface area contributed by atoms with E-state index in [9.17, 15) is 4.79 Å². The van der Waals surface area contributed by atoms with Crippen LogP contribution in [0.3, 0.4) is 0 Å². The number of ether oxygens (including phenoxy) is 1. The SMILES string of the molecule is O=C(Nc1sc(=Nc2ccccc2)n(C[C@@H]2CCCO2)c1-c1ccccc1)c1ccc(Cl)cc1. The van der Waals surface area contributed by atoms with E-state index in [-0.39, 0.29) is 12.0 Å². The fourth-order valence-electron chi connectivity index (χ4n) is 4.01. The molecular weight excluding hydrogens is 466 g/mol. The molecule has 34 heavy (non-hydrogen) atoms. The fraction of sp³-hybridized carbons (Fsp3) is 0.185. The van der Waals surface area contributed by atoms with E-state index < -0.39 is 0 Å². The van der Waals surface area contributed by atoms with Crippen molar-refractivity contribution in [3.05, 3.63) is 100 Å². The van der Waals surface area contributed by atoms with E-state index in [0.717, 1.165) is 46.2 Å². The molecule has 1 N–H and O–H groups in total. The molecule has 1 amide bonds. The zero-order valence-electron chi connectivity index (χ0n) is 18.5. The fourth-order valence-corrected chi connectivity index (χ4v) is 5.22. The summed E-state index contributed by atoms with van der Waals surface area (Å²) in [5.74, 6) is -0.189. The molecule has 1 aliphatic rings. The predicted octanol–water partition coefficient (Wildman–Crippen LogP) is 6.53. The lowest BCUT2D eigenvalue weighted by Crippen LogP contribution is -2.24. The molecule has 172 valence electrons. The van der Waals surface area contributed by atoms with Crippen molar-refractivity contribution in [2.75, 3.05) is 11.9 Å². The van der Waals surface area contributed by atoms with Crippen molar-refractivity contribution in [3.8, 4) is 11.3 Å². The Labute approximate surface area is 207 Å². The highest BCUT2D eigenvalue weighted by molar-refractivity contribution is 7.14. The maximum absolute atomic E-state index is 13.1. The number of para-hydroxylation sites is 1. The summed E-state index contributed by atoms with van der Waals surface area (Å²) in [4.78, 5) is 18.9. The Bertz CT molecular complexity index is 1330. The number of hydrogen-bond donors (Lipinski definition) is 1. The van der Waals surface area contributed by atoms with E-state index in [2.05, 4.69) is 22.0 Å². The molecule has 1 aromatic heterocycles. The summed E-state index contributed by atoms with van der Waals surface area (Å²) in [6.45, 7) is 1.45. The molecular formula is C27H24ClN3O2S. The summed E-state index contributed by atoms with van der Waals surface area (Å²) in [6, 6.07) is 26.9. The van der Waals surface area contributed by atoms with Gasteiger partial charge in [0.1, 0.15) is 5.00 Å². The number of benzene rings is 3. The Kier molecular flexibility index (Phi) is 6.90. The van der Waals surface area contributed by atoms with E-state index in [4.69, 9.17) is 21.3 Å².